The molecule has 0 radical (unpaired) electrons. The summed E-state index contributed by atoms with van der Waals surface area (Å²) in [5.74, 6) is 0.0341. The summed E-state index contributed by atoms with van der Waals surface area (Å²) in [6.07, 6.45) is 0.947. The Kier molecular flexibility index (Phi) is 9.07. The monoisotopic (exact) mass is 549 g/mol. The van der Waals surface area contributed by atoms with Crippen LogP contribution in [0.3, 0.4) is 0 Å². The number of nitrogens with one attached hydrogen (secondary N) is 1. The van der Waals surface area contributed by atoms with Crippen LogP contribution in [0.15, 0.2) is 103 Å². The van der Waals surface area contributed by atoms with Crippen molar-refractivity contribution in [3.63, 3.8) is 0 Å². The first kappa shape index (κ1) is 27.5. The Labute approximate surface area is 230 Å². The second-order valence-electron chi connectivity index (χ2n) is 10.3. The van der Waals surface area contributed by atoms with Crippen LogP contribution in [0, 0.1) is 17.5 Å². The summed E-state index contributed by atoms with van der Waals surface area (Å²) in [7, 11) is -1.23. The minimum atomic E-state index is -1.23. The largest absolute Gasteiger partial charge is 0.375 e. The van der Waals surface area contributed by atoms with E-state index in [1.807, 2.05) is 0 Å². The molecule has 0 aromatic heterocycles. The molecular weight excluding hydrogens is 515 g/mol. The first-order chi connectivity index (χ1) is 19.0. The zero-order valence-corrected chi connectivity index (χ0v) is 22.7. The normalized spacial score (nSPS) is 17.8. The van der Waals surface area contributed by atoms with E-state index in [1.165, 1.54) is 16.7 Å². The molecular formula is C33H34F3NOS. The van der Waals surface area contributed by atoms with Gasteiger partial charge in [0.25, 0.3) is 0 Å². The summed E-state index contributed by atoms with van der Waals surface area (Å²) < 4.78 is 46.8. The van der Waals surface area contributed by atoms with Crippen LogP contribution in [0.1, 0.15) is 28.7 Å². The molecule has 1 aliphatic heterocycles. The highest BCUT2D eigenvalue weighted by Gasteiger charge is 2.39. The minimum Gasteiger partial charge on any atom is -0.375 e. The van der Waals surface area contributed by atoms with Crippen molar-refractivity contribution in [2.45, 2.75) is 41.6 Å². The van der Waals surface area contributed by atoms with E-state index in [9.17, 15) is 13.2 Å². The molecule has 6 heteroatoms. The van der Waals surface area contributed by atoms with Gasteiger partial charge in [0.05, 0.1) is 13.2 Å². The molecule has 1 fully saturated rings. The van der Waals surface area contributed by atoms with Crippen LogP contribution >= 0.6 is 10.0 Å². The third-order valence-corrected chi connectivity index (χ3v) is 11.9. The van der Waals surface area contributed by atoms with Crippen LogP contribution in [0.25, 0.3) is 0 Å². The van der Waals surface area contributed by atoms with Crippen molar-refractivity contribution in [3.05, 3.63) is 143 Å². The number of ether oxygens (including phenoxy) is 1. The first-order valence-electron chi connectivity index (χ1n) is 13.3. The van der Waals surface area contributed by atoms with E-state index in [0.717, 1.165) is 36.3 Å². The summed E-state index contributed by atoms with van der Waals surface area (Å²) in [6, 6.07) is 33.9. The molecule has 1 aliphatic rings. The van der Waals surface area contributed by atoms with Crippen LogP contribution in [0.4, 0.5) is 13.2 Å². The molecule has 204 valence electrons. The molecule has 4 aromatic rings. The lowest BCUT2D eigenvalue weighted by Gasteiger charge is -2.46. The molecule has 39 heavy (non-hydrogen) atoms. The van der Waals surface area contributed by atoms with Crippen molar-refractivity contribution < 1.29 is 17.9 Å². The smallest absolute Gasteiger partial charge is 0.161 e. The highest BCUT2D eigenvalue weighted by Crippen LogP contribution is 2.62. The van der Waals surface area contributed by atoms with Crippen LogP contribution in [0.2, 0.25) is 0 Å². The fourth-order valence-corrected chi connectivity index (χ4v) is 10.2. The van der Waals surface area contributed by atoms with Gasteiger partial charge >= 0.3 is 0 Å². The van der Waals surface area contributed by atoms with Crippen molar-refractivity contribution in [1.29, 1.82) is 0 Å². The molecule has 0 amide bonds. The summed E-state index contributed by atoms with van der Waals surface area (Å²) in [6.45, 7) is 1.17. The van der Waals surface area contributed by atoms with Crippen molar-refractivity contribution in [2.24, 2.45) is 0 Å². The van der Waals surface area contributed by atoms with Crippen LogP contribution < -0.4 is 5.32 Å². The topological polar surface area (TPSA) is 21.3 Å². The van der Waals surface area contributed by atoms with Crippen LogP contribution in [-0.4, -0.2) is 24.4 Å². The molecule has 1 N–H and O–H groups in total. The van der Waals surface area contributed by atoms with Gasteiger partial charge in [-0.25, -0.2) is 23.2 Å². The maximum absolute atomic E-state index is 14.1. The van der Waals surface area contributed by atoms with Crippen molar-refractivity contribution >= 4 is 10.0 Å². The number of halogens is 3. The Morgan fingerprint density at radius 1 is 0.667 bits per heavy atom. The summed E-state index contributed by atoms with van der Waals surface area (Å²) in [5.41, 5.74) is 4.09. The molecule has 4 aromatic carbocycles. The van der Waals surface area contributed by atoms with E-state index in [0.29, 0.717) is 17.9 Å². The average Bonchev–Trinajstić information content (AvgIpc) is 3.43. The maximum atomic E-state index is 14.1. The Bertz CT molecular complexity index is 1240. The Morgan fingerprint density at radius 3 is 1.67 bits per heavy atom. The number of hydrogen-bond donors (Lipinski definition) is 1. The lowest BCUT2D eigenvalue weighted by atomic mass is 10.2. The fourth-order valence-electron chi connectivity index (χ4n) is 5.50. The second-order valence-corrected chi connectivity index (χ2v) is 14.1. The third kappa shape index (κ3) is 7.13. The SMILES string of the molecule is Fc1cc(F)c(COC[C@@H]2C[C@@H](S(Cc3ccccc3)(Cc3ccccc3)Cc3ccccc3)CN2)cc1F. The molecule has 0 unspecified atom stereocenters. The molecule has 0 spiro atoms. The van der Waals surface area contributed by atoms with Gasteiger partial charge in [0.2, 0.25) is 0 Å². The van der Waals surface area contributed by atoms with E-state index >= 15 is 0 Å². The second kappa shape index (κ2) is 12.9. The molecule has 1 heterocycles. The van der Waals surface area contributed by atoms with Gasteiger partial charge in [0, 0.05) is 46.7 Å². The molecule has 0 aliphatic carbocycles. The van der Waals surface area contributed by atoms with E-state index in [4.69, 9.17) is 4.74 Å². The Balaban J connectivity index is 1.36. The number of benzene rings is 4. The van der Waals surface area contributed by atoms with E-state index < -0.39 is 27.5 Å². The quantitative estimate of drug-likeness (QED) is 0.193. The lowest BCUT2D eigenvalue weighted by Crippen LogP contribution is -2.27. The summed E-state index contributed by atoms with van der Waals surface area (Å²) >= 11 is 0. The molecule has 1 saturated heterocycles. The Morgan fingerprint density at radius 2 is 1.15 bits per heavy atom. The van der Waals surface area contributed by atoms with Gasteiger partial charge in [-0.1, -0.05) is 91.0 Å². The van der Waals surface area contributed by atoms with Crippen LogP contribution in [-0.2, 0) is 28.6 Å². The number of hydrogen-bond acceptors (Lipinski definition) is 2. The van der Waals surface area contributed by atoms with Gasteiger partial charge < -0.3 is 10.1 Å². The zero-order chi connectivity index (χ0) is 27.1. The molecule has 0 saturated carbocycles. The van der Waals surface area contributed by atoms with Crippen molar-refractivity contribution in [3.8, 4) is 0 Å². The average molecular weight is 550 g/mol. The van der Waals surface area contributed by atoms with Crippen molar-refractivity contribution in [1.82, 2.24) is 5.32 Å². The fraction of sp³-hybridized carbons (Fsp3) is 0.273. The zero-order valence-electron chi connectivity index (χ0n) is 21.9. The summed E-state index contributed by atoms with van der Waals surface area (Å²) in [4.78, 5) is 0. The standard InChI is InChI=1S/C33H34F3NOS/c34-31-18-33(36)32(35)16-28(31)20-38-21-29-17-30(19-37-29)39(22-25-10-4-1-5-11-25,23-26-12-6-2-7-13-26)24-27-14-8-3-9-15-27/h1-16,18,29-30,37H,17,19-24H2/t29-,30+/m0/s1. The maximum Gasteiger partial charge on any atom is 0.161 e. The van der Waals surface area contributed by atoms with Gasteiger partial charge in [-0.15, -0.1) is 0 Å². The van der Waals surface area contributed by atoms with Crippen LogP contribution in [0.5, 0.6) is 0 Å². The first-order valence-corrected chi connectivity index (χ1v) is 15.5. The van der Waals surface area contributed by atoms with Gasteiger partial charge in [-0.05, 0) is 29.2 Å². The molecule has 2 atom stereocenters. The van der Waals surface area contributed by atoms with Crippen molar-refractivity contribution in [2.75, 3.05) is 13.2 Å². The predicted molar refractivity (Wildman–Crippen MR) is 154 cm³/mol. The van der Waals surface area contributed by atoms with E-state index in [2.05, 4.69) is 96.3 Å². The van der Waals surface area contributed by atoms with Gasteiger partial charge in [0.15, 0.2) is 11.6 Å². The molecule has 5 rings (SSSR count). The molecule has 0 bridgehead atoms. The van der Waals surface area contributed by atoms with Gasteiger partial charge in [-0.3, -0.25) is 0 Å². The third-order valence-electron chi connectivity index (χ3n) is 7.45. The van der Waals surface area contributed by atoms with E-state index in [-0.39, 0.29) is 18.2 Å². The van der Waals surface area contributed by atoms with E-state index in [1.54, 1.807) is 0 Å². The molecule has 2 nitrogen and oxygen atoms in total. The van der Waals surface area contributed by atoms with Gasteiger partial charge in [-0.2, -0.15) is 0 Å². The highest BCUT2D eigenvalue weighted by molar-refractivity contribution is 8.32. The summed E-state index contributed by atoms with van der Waals surface area (Å²) in [5, 5.41) is 4.11. The predicted octanol–water partition coefficient (Wildman–Crippen LogP) is 7.76. The minimum absolute atomic E-state index is 0.0284. The highest BCUT2D eigenvalue weighted by atomic mass is 32.3. The Hall–Kier alpha value is -3.06. The van der Waals surface area contributed by atoms with Gasteiger partial charge in [0.1, 0.15) is 5.82 Å². The lowest BCUT2D eigenvalue weighted by molar-refractivity contribution is 0.101. The number of rotatable bonds is 11.